The maximum absolute atomic E-state index is 4.12. The van der Waals surface area contributed by atoms with Gasteiger partial charge < -0.3 is 5.32 Å². The molecular weight excluding hydrogens is 182 g/mol. The Hall–Kier alpha value is -0.640. The Morgan fingerprint density at radius 2 is 1.92 bits per heavy atom. The van der Waals surface area contributed by atoms with Gasteiger partial charge in [0.1, 0.15) is 6.33 Å². The second-order valence-electron chi connectivity index (χ2n) is 4.77. The van der Waals surface area contributed by atoms with Crippen LogP contribution in [0.1, 0.15) is 27.7 Å². The molecule has 1 saturated carbocycles. The number of aromatic nitrogens is 2. The van der Waals surface area contributed by atoms with Gasteiger partial charge in [0.05, 0.1) is 0 Å². The molecule has 1 heterocycles. The summed E-state index contributed by atoms with van der Waals surface area (Å²) in [4.78, 5) is 4.12. The highest BCUT2D eigenvalue weighted by Crippen LogP contribution is 2.63. The number of rotatable bonds is 2. The van der Waals surface area contributed by atoms with Crippen LogP contribution in [0.3, 0.4) is 0 Å². The van der Waals surface area contributed by atoms with Crippen molar-refractivity contribution in [3.8, 4) is 0 Å². The fourth-order valence-electron chi connectivity index (χ4n) is 1.92. The Morgan fingerprint density at radius 1 is 1.31 bits per heavy atom. The topological polar surface area (TPSA) is 37.8 Å². The molecule has 0 amide bonds. The molecule has 3 nitrogen and oxygen atoms in total. The first kappa shape index (κ1) is 8.94. The summed E-state index contributed by atoms with van der Waals surface area (Å²) in [6.07, 6.45) is 1.59. The third-order valence-electron chi connectivity index (χ3n) is 3.65. The van der Waals surface area contributed by atoms with Gasteiger partial charge in [-0.25, -0.2) is 4.98 Å². The van der Waals surface area contributed by atoms with Gasteiger partial charge in [-0.05, 0) is 10.8 Å². The number of nitrogens with one attached hydrogen (secondary N) is 1. The smallest absolute Gasteiger partial charge is 0.202 e. The molecule has 0 unspecified atom stereocenters. The minimum atomic E-state index is 0.360. The fraction of sp³-hybridized carbons (Fsp3) is 0.778. The number of hydrogen-bond acceptors (Lipinski definition) is 4. The van der Waals surface area contributed by atoms with Gasteiger partial charge in [0.15, 0.2) is 0 Å². The fourth-order valence-corrected chi connectivity index (χ4v) is 2.38. The molecule has 0 bridgehead atoms. The summed E-state index contributed by atoms with van der Waals surface area (Å²) in [6, 6.07) is 0.521. The van der Waals surface area contributed by atoms with Crippen molar-refractivity contribution in [3.63, 3.8) is 0 Å². The van der Waals surface area contributed by atoms with Crippen molar-refractivity contribution in [1.29, 1.82) is 0 Å². The Bertz CT molecular complexity index is 289. The van der Waals surface area contributed by atoms with Gasteiger partial charge in [-0.1, -0.05) is 27.7 Å². The number of hydrogen-bond donors (Lipinski definition) is 1. The molecule has 0 spiro atoms. The van der Waals surface area contributed by atoms with Crippen molar-refractivity contribution < 1.29 is 0 Å². The van der Waals surface area contributed by atoms with E-state index < -0.39 is 0 Å². The number of anilines is 1. The van der Waals surface area contributed by atoms with Crippen LogP contribution in [-0.4, -0.2) is 15.4 Å². The molecule has 4 heteroatoms. The van der Waals surface area contributed by atoms with Crippen molar-refractivity contribution in [3.05, 3.63) is 6.33 Å². The van der Waals surface area contributed by atoms with E-state index in [1.807, 2.05) is 0 Å². The second-order valence-corrected chi connectivity index (χ2v) is 5.55. The Kier molecular flexibility index (Phi) is 1.68. The SMILES string of the molecule is CC1(C)C(Nc2ncns2)C1(C)C. The van der Waals surface area contributed by atoms with Gasteiger partial charge >= 0.3 is 0 Å². The molecule has 13 heavy (non-hydrogen) atoms. The first-order valence-corrected chi connectivity index (χ1v) is 5.27. The van der Waals surface area contributed by atoms with Crippen molar-refractivity contribution in [2.75, 3.05) is 5.32 Å². The molecule has 72 valence electrons. The summed E-state index contributed by atoms with van der Waals surface area (Å²) < 4.78 is 3.97. The molecule has 1 aliphatic rings. The van der Waals surface area contributed by atoms with E-state index in [-0.39, 0.29) is 0 Å². The van der Waals surface area contributed by atoms with E-state index in [4.69, 9.17) is 0 Å². The maximum atomic E-state index is 4.12. The first-order valence-electron chi connectivity index (χ1n) is 4.49. The van der Waals surface area contributed by atoms with Gasteiger partial charge in [-0.3, -0.25) is 0 Å². The highest BCUT2D eigenvalue weighted by atomic mass is 32.1. The van der Waals surface area contributed by atoms with Crippen LogP contribution in [-0.2, 0) is 0 Å². The quantitative estimate of drug-likeness (QED) is 0.791. The lowest BCUT2D eigenvalue weighted by Gasteiger charge is -2.02. The maximum Gasteiger partial charge on any atom is 0.202 e. The molecule has 1 aromatic rings. The van der Waals surface area contributed by atoms with E-state index in [2.05, 4.69) is 42.4 Å². The van der Waals surface area contributed by atoms with E-state index in [0.29, 0.717) is 16.9 Å². The molecule has 1 N–H and O–H groups in total. The predicted molar refractivity (Wildman–Crippen MR) is 54.9 cm³/mol. The predicted octanol–water partition coefficient (Wildman–Crippen LogP) is 2.38. The first-order chi connectivity index (χ1) is 5.96. The number of nitrogens with zero attached hydrogens (tertiary/aromatic N) is 2. The van der Waals surface area contributed by atoms with E-state index in [0.717, 1.165) is 5.13 Å². The lowest BCUT2D eigenvalue weighted by molar-refractivity contribution is 0.457. The molecule has 0 aliphatic heterocycles. The normalized spacial score (nSPS) is 24.3. The Morgan fingerprint density at radius 3 is 2.31 bits per heavy atom. The van der Waals surface area contributed by atoms with E-state index in [1.165, 1.54) is 11.5 Å². The summed E-state index contributed by atoms with van der Waals surface area (Å²) in [5.74, 6) is 0. The largest absolute Gasteiger partial charge is 0.356 e. The molecule has 2 rings (SSSR count). The zero-order valence-electron chi connectivity index (χ0n) is 8.46. The van der Waals surface area contributed by atoms with Crippen LogP contribution >= 0.6 is 11.5 Å². The summed E-state index contributed by atoms with van der Waals surface area (Å²) in [5, 5.41) is 4.36. The van der Waals surface area contributed by atoms with E-state index in [9.17, 15) is 0 Å². The summed E-state index contributed by atoms with van der Waals surface area (Å²) in [6.45, 7) is 9.13. The van der Waals surface area contributed by atoms with Gasteiger partial charge in [-0.15, -0.1) is 0 Å². The molecule has 0 saturated heterocycles. The van der Waals surface area contributed by atoms with Crippen molar-refractivity contribution in [2.45, 2.75) is 33.7 Å². The van der Waals surface area contributed by atoms with Crippen LogP contribution in [0.2, 0.25) is 0 Å². The lowest BCUT2D eigenvalue weighted by atomic mass is 10.0. The molecule has 0 atom stereocenters. The minimum Gasteiger partial charge on any atom is -0.356 e. The molecule has 1 aliphatic carbocycles. The van der Waals surface area contributed by atoms with Crippen molar-refractivity contribution in [2.24, 2.45) is 10.8 Å². The van der Waals surface area contributed by atoms with Crippen molar-refractivity contribution in [1.82, 2.24) is 9.36 Å². The van der Waals surface area contributed by atoms with Crippen LogP contribution in [0.5, 0.6) is 0 Å². The average Bonchev–Trinajstić information content (AvgIpc) is 2.44. The van der Waals surface area contributed by atoms with Crippen LogP contribution in [0, 0.1) is 10.8 Å². The molecule has 1 fully saturated rings. The monoisotopic (exact) mass is 197 g/mol. The Labute approximate surface area is 82.8 Å². The van der Waals surface area contributed by atoms with E-state index in [1.54, 1.807) is 6.33 Å². The molecule has 0 aromatic carbocycles. The Balaban J connectivity index is 2.07. The zero-order chi connectivity index (χ0) is 9.69. The summed E-state index contributed by atoms with van der Waals surface area (Å²) in [7, 11) is 0. The van der Waals surface area contributed by atoms with Crippen LogP contribution in [0.25, 0.3) is 0 Å². The van der Waals surface area contributed by atoms with Gasteiger partial charge in [0.2, 0.25) is 5.13 Å². The molecular formula is C9H15N3S. The molecule has 0 radical (unpaired) electrons. The van der Waals surface area contributed by atoms with Crippen molar-refractivity contribution >= 4 is 16.7 Å². The highest BCUT2D eigenvalue weighted by Gasteiger charge is 2.65. The van der Waals surface area contributed by atoms with Gasteiger partial charge in [0.25, 0.3) is 0 Å². The van der Waals surface area contributed by atoms with Gasteiger partial charge in [0, 0.05) is 17.6 Å². The van der Waals surface area contributed by atoms with Crippen LogP contribution in [0.15, 0.2) is 6.33 Å². The third kappa shape index (κ3) is 1.15. The highest BCUT2D eigenvalue weighted by molar-refractivity contribution is 7.09. The third-order valence-corrected chi connectivity index (χ3v) is 4.25. The molecule has 1 aromatic heterocycles. The van der Waals surface area contributed by atoms with Gasteiger partial charge in [-0.2, -0.15) is 4.37 Å². The zero-order valence-corrected chi connectivity index (χ0v) is 9.27. The van der Waals surface area contributed by atoms with Crippen LogP contribution in [0.4, 0.5) is 5.13 Å². The minimum absolute atomic E-state index is 0.360. The van der Waals surface area contributed by atoms with E-state index >= 15 is 0 Å². The van der Waals surface area contributed by atoms with Crippen LogP contribution < -0.4 is 5.32 Å². The average molecular weight is 197 g/mol. The lowest BCUT2D eigenvalue weighted by Crippen LogP contribution is -2.09. The summed E-state index contributed by atoms with van der Waals surface area (Å²) >= 11 is 1.42. The second kappa shape index (κ2) is 2.44. The summed E-state index contributed by atoms with van der Waals surface area (Å²) in [5.41, 5.74) is 0.720. The standard InChI is InChI=1S/C9H15N3S/c1-8(2)6(9(8,3)4)12-7-10-5-11-13-7/h5-6H,1-4H3,(H,10,11,12).